The monoisotopic (exact) mass is 302 g/mol. The first-order valence-corrected chi connectivity index (χ1v) is 7.51. The van der Waals surface area contributed by atoms with Crippen molar-refractivity contribution in [2.24, 2.45) is 5.84 Å². The molecule has 0 unspecified atom stereocenters. The molecule has 4 nitrogen and oxygen atoms in total. The van der Waals surface area contributed by atoms with Gasteiger partial charge in [0.05, 0.1) is 5.39 Å². The topological polar surface area (TPSA) is 63.8 Å². The fourth-order valence-electron chi connectivity index (χ4n) is 2.21. The van der Waals surface area contributed by atoms with E-state index in [0.717, 1.165) is 22.2 Å². The number of nitrogens with one attached hydrogen (secondary N) is 1. The molecule has 0 aliphatic heterocycles. The van der Waals surface area contributed by atoms with Gasteiger partial charge < -0.3 is 5.43 Å². The molecule has 0 amide bonds. The summed E-state index contributed by atoms with van der Waals surface area (Å²) in [7, 11) is 0. The summed E-state index contributed by atoms with van der Waals surface area (Å²) in [6, 6.07) is 8.52. The molecule has 0 fully saturated rings. The lowest BCUT2D eigenvalue weighted by Crippen LogP contribution is -2.11. The summed E-state index contributed by atoms with van der Waals surface area (Å²) in [6.07, 6.45) is 1.42. The van der Waals surface area contributed by atoms with Gasteiger partial charge in [-0.05, 0) is 30.2 Å². The minimum atomic E-state index is -0.254. The molecule has 108 valence electrons. The van der Waals surface area contributed by atoms with E-state index >= 15 is 0 Å². The number of thiophene rings is 1. The van der Waals surface area contributed by atoms with Crippen LogP contribution in [0.1, 0.15) is 23.2 Å². The number of hydrogen-bond acceptors (Lipinski definition) is 5. The Morgan fingerprint density at radius 1 is 1.29 bits per heavy atom. The quantitative estimate of drug-likeness (QED) is 0.573. The third-order valence-electron chi connectivity index (χ3n) is 3.23. The standard InChI is InChI=1S/C15H15FN4S/c1-2-11-8-12-14(20-17)18-13(19-15(12)21-11)7-9-4-3-5-10(16)6-9/h3-6,8H,2,7,17H2,1H3,(H,18,19,20). The second-order valence-corrected chi connectivity index (χ2v) is 5.84. The fraction of sp³-hybridized carbons (Fsp3) is 0.200. The maximum Gasteiger partial charge on any atom is 0.152 e. The predicted molar refractivity (Wildman–Crippen MR) is 83.8 cm³/mol. The number of benzene rings is 1. The number of nitrogens with two attached hydrogens (primary N) is 1. The van der Waals surface area contributed by atoms with Crippen LogP contribution in [0.3, 0.4) is 0 Å². The molecule has 0 atom stereocenters. The highest BCUT2D eigenvalue weighted by Crippen LogP contribution is 2.29. The number of nitrogens with zero attached hydrogens (tertiary/aromatic N) is 2. The lowest BCUT2D eigenvalue weighted by atomic mass is 10.1. The molecule has 0 saturated heterocycles. The summed E-state index contributed by atoms with van der Waals surface area (Å²) in [5, 5.41) is 0.933. The Hall–Kier alpha value is -2.05. The summed E-state index contributed by atoms with van der Waals surface area (Å²) >= 11 is 1.63. The van der Waals surface area contributed by atoms with Gasteiger partial charge in [0.1, 0.15) is 16.5 Å². The molecule has 2 heterocycles. The number of rotatable bonds is 4. The van der Waals surface area contributed by atoms with Crippen molar-refractivity contribution in [1.29, 1.82) is 0 Å². The summed E-state index contributed by atoms with van der Waals surface area (Å²) in [6.45, 7) is 2.10. The maximum absolute atomic E-state index is 13.2. The van der Waals surface area contributed by atoms with Gasteiger partial charge in [0.15, 0.2) is 5.82 Å². The molecule has 21 heavy (non-hydrogen) atoms. The molecule has 0 radical (unpaired) electrons. The van der Waals surface area contributed by atoms with E-state index in [1.807, 2.05) is 6.07 Å². The van der Waals surface area contributed by atoms with Gasteiger partial charge in [-0.1, -0.05) is 19.1 Å². The number of nitrogen functional groups attached to an aromatic ring is 1. The molecule has 0 spiro atoms. The molecule has 3 rings (SSSR count). The fourth-order valence-corrected chi connectivity index (χ4v) is 3.19. The van der Waals surface area contributed by atoms with E-state index in [4.69, 9.17) is 5.84 Å². The van der Waals surface area contributed by atoms with Gasteiger partial charge in [-0.2, -0.15) is 0 Å². The number of hydrazine groups is 1. The van der Waals surface area contributed by atoms with Gasteiger partial charge in [0.2, 0.25) is 0 Å². The molecule has 2 aromatic heterocycles. The van der Waals surface area contributed by atoms with Crippen molar-refractivity contribution in [3.8, 4) is 0 Å². The Kier molecular flexibility index (Phi) is 3.81. The van der Waals surface area contributed by atoms with E-state index in [9.17, 15) is 4.39 Å². The molecule has 0 aliphatic carbocycles. The predicted octanol–water partition coefficient (Wildman–Crippen LogP) is 3.27. The van der Waals surface area contributed by atoms with Crippen molar-refractivity contribution >= 4 is 27.4 Å². The summed E-state index contributed by atoms with van der Waals surface area (Å²) in [4.78, 5) is 11.1. The lowest BCUT2D eigenvalue weighted by Gasteiger charge is -2.05. The lowest BCUT2D eigenvalue weighted by molar-refractivity contribution is 0.626. The normalized spacial score (nSPS) is 11.0. The number of aryl methyl sites for hydroxylation is 1. The van der Waals surface area contributed by atoms with E-state index < -0.39 is 0 Å². The SMILES string of the molecule is CCc1cc2c(NN)nc(Cc3cccc(F)c3)nc2s1. The van der Waals surface area contributed by atoms with Crippen LogP contribution in [0.5, 0.6) is 0 Å². The van der Waals surface area contributed by atoms with Crippen LogP contribution in [0.4, 0.5) is 10.2 Å². The highest BCUT2D eigenvalue weighted by molar-refractivity contribution is 7.18. The van der Waals surface area contributed by atoms with Gasteiger partial charge in [0, 0.05) is 11.3 Å². The maximum atomic E-state index is 13.2. The zero-order valence-electron chi connectivity index (χ0n) is 11.6. The van der Waals surface area contributed by atoms with Crippen molar-refractivity contribution in [3.63, 3.8) is 0 Å². The highest BCUT2D eigenvalue weighted by Gasteiger charge is 2.11. The molecule has 0 saturated carbocycles. The average molecular weight is 302 g/mol. The van der Waals surface area contributed by atoms with Crippen molar-refractivity contribution in [3.05, 3.63) is 52.4 Å². The van der Waals surface area contributed by atoms with Crippen LogP contribution in [0, 0.1) is 5.82 Å². The Morgan fingerprint density at radius 3 is 2.86 bits per heavy atom. The zero-order chi connectivity index (χ0) is 14.8. The minimum absolute atomic E-state index is 0.254. The smallest absolute Gasteiger partial charge is 0.152 e. The van der Waals surface area contributed by atoms with Crippen LogP contribution in [0.25, 0.3) is 10.2 Å². The van der Waals surface area contributed by atoms with E-state index in [1.165, 1.54) is 17.0 Å². The Balaban J connectivity index is 2.02. The first-order valence-electron chi connectivity index (χ1n) is 6.70. The Labute approximate surface area is 125 Å². The summed E-state index contributed by atoms with van der Waals surface area (Å²) in [5.41, 5.74) is 3.46. The van der Waals surface area contributed by atoms with Crippen molar-refractivity contribution < 1.29 is 4.39 Å². The third kappa shape index (κ3) is 2.86. The molecule has 6 heteroatoms. The number of hydrogen-bond donors (Lipinski definition) is 2. The van der Waals surface area contributed by atoms with E-state index in [2.05, 4.69) is 28.4 Å². The van der Waals surface area contributed by atoms with Gasteiger partial charge >= 0.3 is 0 Å². The first kappa shape index (κ1) is 13.9. The summed E-state index contributed by atoms with van der Waals surface area (Å²) < 4.78 is 13.2. The molecule has 3 aromatic rings. The van der Waals surface area contributed by atoms with Gasteiger partial charge in [-0.25, -0.2) is 20.2 Å². The number of aromatic nitrogens is 2. The Bertz CT molecular complexity index is 784. The second-order valence-electron chi connectivity index (χ2n) is 4.72. The van der Waals surface area contributed by atoms with Gasteiger partial charge in [-0.15, -0.1) is 11.3 Å². The van der Waals surface area contributed by atoms with Crippen molar-refractivity contribution in [1.82, 2.24) is 9.97 Å². The molecule has 3 N–H and O–H groups in total. The second kappa shape index (κ2) is 5.75. The molecule has 1 aromatic carbocycles. The van der Waals surface area contributed by atoms with Crippen LogP contribution < -0.4 is 11.3 Å². The van der Waals surface area contributed by atoms with Crippen LogP contribution in [-0.2, 0) is 12.8 Å². The molecular weight excluding hydrogens is 287 g/mol. The highest BCUT2D eigenvalue weighted by atomic mass is 32.1. The summed E-state index contributed by atoms with van der Waals surface area (Å²) in [5.74, 6) is 6.55. The van der Waals surface area contributed by atoms with E-state index in [-0.39, 0.29) is 5.82 Å². The van der Waals surface area contributed by atoms with E-state index in [1.54, 1.807) is 17.4 Å². The zero-order valence-corrected chi connectivity index (χ0v) is 12.4. The average Bonchev–Trinajstić information content (AvgIpc) is 2.89. The molecular formula is C15H15FN4S. The molecule has 0 aliphatic rings. The molecule has 0 bridgehead atoms. The van der Waals surface area contributed by atoms with Crippen LogP contribution in [0.2, 0.25) is 0 Å². The van der Waals surface area contributed by atoms with Gasteiger partial charge in [0.25, 0.3) is 0 Å². The van der Waals surface area contributed by atoms with Crippen LogP contribution >= 0.6 is 11.3 Å². The minimum Gasteiger partial charge on any atom is -0.308 e. The third-order valence-corrected chi connectivity index (χ3v) is 4.40. The van der Waals surface area contributed by atoms with Gasteiger partial charge in [-0.3, -0.25) is 0 Å². The number of anilines is 1. The van der Waals surface area contributed by atoms with E-state index in [0.29, 0.717) is 18.1 Å². The Morgan fingerprint density at radius 2 is 2.14 bits per heavy atom. The largest absolute Gasteiger partial charge is 0.308 e. The number of halogens is 1. The van der Waals surface area contributed by atoms with Crippen molar-refractivity contribution in [2.45, 2.75) is 19.8 Å². The van der Waals surface area contributed by atoms with Crippen LogP contribution in [0.15, 0.2) is 30.3 Å². The van der Waals surface area contributed by atoms with Crippen molar-refractivity contribution in [2.75, 3.05) is 5.43 Å². The van der Waals surface area contributed by atoms with Crippen LogP contribution in [-0.4, -0.2) is 9.97 Å². The number of fused-ring (bicyclic) bond motifs is 1. The first-order chi connectivity index (χ1) is 10.2.